The number of carbonyl (C=O) groups excluding carboxylic acids is 4. The van der Waals surface area contributed by atoms with Crippen molar-refractivity contribution in [2.45, 2.75) is 45.6 Å². The maximum Gasteiger partial charge on any atom is 0.439 e. The maximum atomic E-state index is 14.4. The van der Waals surface area contributed by atoms with Crippen LogP contribution in [0.5, 0.6) is 5.75 Å². The van der Waals surface area contributed by atoms with Crippen LogP contribution in [-0.2, 0) is 22.7 Å². The van der Waals surface area contributed by atoms with E-state index < -0.39 is 35.9 Å². The highest BCUT2D eigenvalue weighted by atomic mass is 35.5. The smallest absolute Gasteiger partial charge is 0.409 e. The molecule has 1 aliphatic heterocycles. The normalized spacial score (nSPS) is 17.0. The van der Waals surface area contributed by atoms with Crippen LogP contribution in [0.2, 0.25) is 5.02 Å². The molecule has 0 radical (unpaired) electrons. The average Bonchev–Trinajstić information content (AvgIpc) is 3.53. The summed E-state index contributed by atoms with van der Waals surface area (Å²) >= 11 is 5.79. The number of aliphatic imine (C=N–C) groups is 2. The molecule has 14 heteroatoms. The Balaban J connectivity index is 1.50. The third-order valence-electron chi connectivity index (χ3n) is 6.74. The topological polar surface area (TPSA) is 148 Å². The SMILES string of the molecule is CCN=C(N)C=NC(=O)Oc1ccc2c(c1)c(C(C)=O)cn2CC(=O)N1C[C@H](F)C[C@H]1C(=O)NCc1cccc(Cl)c1F. The number of nitrogens with zero attached hydrogens (tertiary/aromatic N) is 4. The first-order valence-electron chi connectivity index (χ1n) is 13.3. The molecule has 3 aromatic rings. The molecule has 4 rings (SSSR count). The molecule has 0 aliphatic carbocycles. The van der Waals surface area contributed by atoms with Crippen molar-refractivity contribution in [3.8, 4) is 5.75 Å². The predicted molar refractivity (Wildman–Crippen MR) is 157 cm³/mol. The first-order valence-corrected chi connectivity index (χ1v) is 13.7. The number of nitrogens with one attached hydrogen (secondary N) is 1. The molecule has 0 spiro atoms. The lowest BCUT2D eigenvalue weighted by Crippen LogP contribution is -2.46. The van der Waals surface area contributed by atoms with Gasteiger partial charge in [-0.25, -0.2) is 13.6 Å². The molecule has 0 bridgehead atoms. The highest BCUT2D eigenvalue weighted by Gasteiger charge is 2.39. The molecule has 3 amide bonds. The summed E-state index contributed by atoms with van der Waals surface area (Å²) in [6.07, 6.45) is -0.0634. The Morgan fingerprint density at radius 2 is 2.00 bits per heavy atom. The zero-order chi connectivity index (χ0) is 31.3. The number of alkyl halides is 1. The van der Waals surface area contributed by atoms with Crippen LogP contribution in [0.3, 0.4) is 0 Å². The minimum absolute atomic E-state index is 0.0577. The van der Waals surface area contributed by atoms with E-state index in [0.717, 1.165) is 11.1 Å². The Hall–Kier alpha value is -4.65. The van der Waals surface area contributed by atoms with E-state index in [0.29, 0.717) is 17.4 Å². The van der Waals surface area contributed by atoms with Gasteiger partial charge in [-0.2, -0.15) is 4.99 Å². The van der Waals surface area contributed by atoms with Gasteiger partial charge in [0.25, 0.3) is 0 Å². The highest BCUT2D eigenvalue weighted by molar-refractivity contribution is 6.31. The van der Waals surface area contributed by atoms with Crippen molar-refractivity contribution in [3.63, 3.8) is 0 Å². The van der Waals surface area contributed by atoms with Crippen LogP contribution < -0.4 is 15.8 Å². The van der Waals surface area contributed by atoms with Gasteiger partial charge in [0.2, 0.25) is 11.8 Å². The molecule has 3 N–H and O–H groups in total. The van der Waals surface area contributed by atoms with E-state index in [2.05, 4.69) is 15.3 Å². The number of carbonyl (C=O) groups is 4. The molecule has 1 aromatic heterocycles. The first-order chi connectivity index (χ1) is 20.5. The second kappa shape index (κ2) is 13.6. The fourth-order valence-corrected chi connectivity index (χ4v) is 4.95. The van der Waals surface area contributed by atoms with Crippen molar-refractivity contribution in [3.05, 3.63) is 64.6 Å². The largest absolute Gasteiger partial charge is 0.439 e. The molecule has 226 valence electrons. The summed E-state index contributed by atoms with van der Waals surface area (Å²) < 4.78 is 35.4. The van der Waals surface area contributed by atoms with Gasteiger partial charge < -0.3 is 25.3 Å². The molecule has 2 aromatic carbocycles. The molecule has 0 unspecified atom stereocenters. The molecule has 2 atom stereocenters. The summed E-state index contributed by atoms with van der Waals surface area (Å²) in [5, 5.41) is 2.86. The summed E-state index contributed by atoms with van der Waals surface area (Å²) in [6, 6.07) is 7.74. The second-order valence-electron chi connectivity index (χ2n) is 9.76. The fourth-order valence-electron chi connectivity index (χ4n) is 4.75. The number of benzene rings is 2. The van der Waals surface area contributed by atoms with E-state index in [1.165, 1.54) is 48.0 Å². The van der Waals surface area contributed by atoms with Crippen LogP contribution in [-0.4, -0.2) is 70.5 Å². The molecule has 1 saturated heterocycles. The number of rotatable bonds is 9. The zero-order valence-electron chi connectivity index (χ0n) is 23.4. The number of amidine groups is 1. The van der Waals surface area contributed by atoms with Crippen molar-refractivity contribution in [1.82, 2.24) is 14.8 Å². The van der Waals surface area contributed by atoms with E-state index in [9.17, 15) is 28.0 Å². The molecule has 0 saturated carbocycles. The summed E-state index contributed by atoms with van der Waals surface area (Å²) in [5.74, 6) is -2.02. The Morgan fingerprint density at radius 3 is 2.72 bits per heavy atom. The van der Waals surface area contributed by atoms with Crippen molar-refractivity contribution >= 4 is 58.2 Å². The summed E-state index contributed by atoms with van der Waals surface area (Å²) in [5.41, 5.74) is 6.46. The molecular weight excluding hydrogens is 586 g/mol. The molecule has 2 heterocycles. The lowest BCUT2D eigenvalue weighted by molar-refractivity contribution is -0.139. The van der Waals surface area contributed by atoms with Crippen LogP contribution >= 0.6 is 11.6 Å². The Kier molecular flexibility index (Phi) is 9.86. The third kappa shape index (κ3) is 7.41. The minimum Gasteiger partial charge on any atom is -0.409 e. The molecular formula is C29H29ClF2N6O5. The van der Waals surface area contributed by atoms with Gasteiger partial charge in [0.1, 0.15) is 36.2 Å². The number of amides is 3. The average molecular weight is 615 g/mol. The number of ketones is 1. The Bertz CT molecular complexity index is 1640. The number of fused-ring (bicyclic) bond motifs is 1. The molecule has 43 heavy (non-hydrogen) atoms. The standard InChI is InChI=1S/C29H29ClF2N6O5/c1-3-34-25(33)12-36-29(42)43-19-7-8-23-20(10-19)21(16(2)39)14-37(23)15-26(40)38-13-18(31)9-24(38)28(41)35-11-17-5-4-6-22(30)27(17)32/h4-8,10,12,14,18,24H,3,9,11,13,15H2,1-2H3,(H2,33,34)(H,35,41)/t18-,24+/m1/s1. The number of likely N-dealkylation sites (tertiary alicyclic amines) is 1. The Labute approximate surface area is 250 Å². The van der Waals surface area contributed by atoms with Gasteiger partial charge in [-0.05, 0) is 38.1 Å². The van der Waals surface area contributed by atoms with Gasteiger partial charge >= 0.3 is 6.09 Å². The number of nitrogens with two attached hydrogens (primary N) is 1. The van der Waals surface area contributed by atoms with Gasteiger partial charge in [-0.15, -0.1) is 0 Å². The van der Waals surface area contributed by atoms with Gasteiger partial charge in [0.15, 0.2) is 5.78 Å². The predicted octanol–water partition coefficient (Wildman–Crippen LogP) is 3.84. The number of hydrogen-bond acceptors (Lipinski definition) is 6. The third-order valence-corrected chi connectivity index (χ3v) is 7.04. The van der Waals surface area contributed by atoms with Crippen LogP contribution in [0.4, 0.5) is 13.6 Å². The maximum absolute atomic E-state index is 14.4. The quantitative estimate of drug-likeness (QED) is 0.213. The van der Waals surface area contributed by atoms with E-state index in [-0.39, 0.29) is 59.6 Å². The highest BCUT2D eigenvalue weighted by Crippen LogP contribution is 2.28. The zero-order valence-corrected chi connectivity index (χ0v) is 24.1. The Morgan fingerprint density at radius 1 is 1.23 bits per heavy atom. The van der Waals surface area contributed by atoms with Crippen LogP contribution in [0, 0.1) is 5.82 Å². The van der Waals surface area contributed by atoms with Gasteiger partial charge in [-0.3, -0.25) is 19.4 Å². The molecule has 11 nitrogen and oxygen atoms in total. The number of Topliss-reactive ketones (excluding diaryl/α,β-unsaturated/α-hetero) is 1. The fraction of sp³-hybridized carbons (Fsp3) is 0.310. The number of hydrogen-bond donors (Lipinski definition) is 2. The van der Waals surface area contributed by atoms with Crippen molar-refractivity contribution in [1.29, 1.82) is 0 Å². The van der Waals surface area contributed by atoms with Crippen molar-refractivity contribution < 1.29 is 32.7 Å². The number of ether oxygens (including phenoxy) is 1. The van der Waals surface area contributed by atoms with Crippen LogP contribution in [0.1, 0.15) is 36.2 Å². The van der Waals surface area contributed by atoms with Crippen molar-refractivity contribution in [2.24, 2.45) is 15.7 Å². The van der Waals surface area contributed by atoms with Crippen LogP contribution in [0.15, 0.2) is 52.6 Å². The lowest BCUT2D eigenvalue weighted by Gasteiger charge is -2.24. The van der Waals surface area contributed by atoms with Gasteiger partial charge in [0, 0.05) is 47.7 Å². The summed E-state index contributed by atoms with van der Waals surface area (Å²) in [6.45, 7) is 2.74. The second-order valence-corrected chi connectivity index (χ2v) is 10.2. The van der Waals surface area contributed by atoms with Crippen LogP contribution in [0.25, 0.3) is 10.9 Å². The van der Waals surface area contributed by atoms with Crippen molar-refractivity contribution in [2.75, 3.05) is 13.1 Å². The van der Waals surface area contributed by atoms with E-state index >= 15 is 0 Å². The number of aromatic nitrogens is 1. The lowest BCUT2D eigenvalue weighted by atomic mass is 10.1. The minimum atomic E-state index is -1.43. The van der Waals surface area contributed by atoms with E-state index in [1.54, 1.807) is 13.0 Å². The molecule has 1 fully saturated rings. The monoisotopic (exact) mass is 614 g/mol. The van der Waals surface area contributed by atoms with E-state index in [1.807, 2.05) is 0 Å². The summed E-state index contributed by atoms with van der Waals surface area (Å²) in [4.78, 5) is 59.4. The molecule has 1 aliphatic rings. The summed E-state index contributed by atoms with van der Waals surface area (Å²) in [7, 11) is 0. The van der Waals surface area contributed by atoms with E-state index in [4.69, 9.17) is 22.1 Å². The van der Waals surface area contributed by atoms with Gasteiger partial charge in [-0.1, -0.05) is 23.7 Å². The van der Waals surface area contributed by atoms with Gasteiger partial charge in [0.05, 0.1) is 17.8 Å². The number of halogens is 3. The first kappa shape index (κ1) is 31.3.